The van der Waals surface area contributed by atoms with Crippen LogP contribution in [0.5, 0.6) is 0 Å². The van der Waals surface area contributed by atoms with E-state index < -0.39 is 11.9 Å². The Balaban J connectivity index is 1.80. The molecule has 21 heavy (non-hydrogen) atoms. The summed E-state index contributed by atoms with van der Waals surface area (Å²) >= 11 is 0. The van der Waals surface area contributed by atoms with Gasteiger partial charge in [-0.1, -0.05) is 19.1 Å². The molecule has 0 aliphatic heterocycles. The minimum absolute atomic E-state index is 0.401. The van der Waals surface area contributed by atoms with Gasteiger partial charge in [0, 0.05) is 12.1 Å². The fourth-order valence-electron chi connectivity index (χ4n) is 2.71. The van der Waals surface area contributed by atoms with Crippen molar-refractivity contribution in [1.82, 2.24) is 20.2 Å². The zero-order chi connectivity index (χ0) is 14.8. The van der Waals surface area contributed by atoms with E-state index in [-0.39, 0.29) is 0 Å². The maximum atomic E-state index is 10.9. The molecule has 1 aliphatic carbocycles. The first kappa shape index (κ1) is 13.7. The number of carboxylic acid groups (broad SMARTS) is 1. The molecule has 0 saturated carbocycles. The highest BCUT2D eigenvalue weighted by Gasteiger charge is 2.16. The van der Waals surface area contributed by atoms with Crippen molar-refractivity contribution >= 4 is 5.97 Å². The molecule has 1 atom stereocenters. The molecule has 0 bridgehead atoms. The third-order valence-corrected chi connectivity index (χ3v) is 4.08. The van der Waals surface area contributed by atoms with Crippen LogP contribution in [0.3, 0.4) is 0 Å². The predicted molar refractivity (Wildman–Crippen MR) is 76.7 cm³/mol. The van der Waals surface area contributed by atoms with Gasteiger partial charge in [-0.3, -0.25) is 4.79 Å². The monoisotopic (exact) mass is 286 g/mol. The standard InChI is InChI=1S/C15H18N4O2/c1-10(15(20)21)7-8-19-14(16-17-18-19)13-6-5-11-3-2-4-12(11)9-13/h5-6,9-10H,2-4,7-8H2,1H3,(H,20,21). The van der Waals surface area contributed by atoms with Crippen LogP contribution in [-0.4, -0.2) is 31.3 Å². The molecule has 2 aromatic rings. The lowest BCUT2D eigenvalue weighted by atomic mass is 10.1. The summed E-state index contributed by atoms with van der Waals surface area (Å²) in [7, 11) is 0. The molecular formula is C15H18N4O2. The average Bonchev–Trinajstić information content (AvgIpc) is 3.12. The zero-order valence-corrected chi connectivity index (χ0v) is 12.0. The number of aryl methyl sites for hydroxylation is 3. The quantitative estimate of drug-likeness (QED) is 0.908. The minimum atomic E-state index is -0.790. The highest BCUT2D eigenvalue weighted by molar-refractivity contribution is 5.69. The van der Waals surface area contributed by atoms with Crippen LogP contribution in [0.4, 0.5) is 0 Å². The normalized spacial score (nSPS) is 14.9. The Bertz CT molecular complexity index is 665. The molecule has 6 heteroatoms. The Hall–Kier alpha value is -2.24. The Kier molecular flexibility index (Phi) is 3.68. The van der Waals surface area contributed by atoms with E-state index in [0.717, 1.165) is 18.4 Å². The topological polar surface area (TPSA) is 80.9 Å². The van der Waals surface area contributed by atoms with Crippen molar-refractivity contribution in [2.24, 2.45) is 5.92 Å². The summed E-state index contributed by atoms with van der Waals surface area (Å²) in [5, 5.41) is 20.7. The summed E-state index contributed by atoms with van der Waals surface area (Å²) in [4.78, 5) is 10.9. The number of tetrazole rings is 1. The molecule has 1 N–H and O–H groups in total. The molecule has 0 spiro atoms. The molecule has 0 saturated heterocycles. The molecule has 6 nitrogen and oxygen atoms in total. The van der Waals surface area contributed by atoms with Crippen LogP contribution < -0.4 is 0 Å². The third kappa shape index (κ3) is 2.79. The molecule has 1 aromatic carbocycles. The highest BCUT2D eigenvalue weighted by Crippen LogP contribution is 2.27. The molecule has 1 unspecified atom stereocenters. The van der Waals surface area contributed by atoms with Gasteiger partial charge in [0.25, 0.3) is 0 Å². The van der Waals surface area contributed by atoms with E-state index in [1.54, 1.807) is 11.6 Å². The maximum Gasteiger partial charge on any atom is 0.306 e. The SMILES string of the molecule is CC(CCn1nnnc1-c1ccc2c(c1)CCC2)C(=O)O. The van der Waals surface area contributed by atoms with Gasteiger partial charge in [-0.05, 0) is 53.3 Å². The van der Waals surface area contributed by atoms with Gasteiger partial charge in [-0.15, -0.1) is 5.10 Å². The van der Waals surface area contributed by atoms with Crippen molar-refractivity contribution in [3.05, 3.63) is 29.3 Å². The van der Waals surface area contributed by atoms with Crippen LogP contribution in [0, 0.1) is 5.92 Å². The van der Waals surface area contributed by atoms with Crippen LogP contribution in [0.1, 0.15) is 30.9 Å². The first-order chi connectivity index (χ1) is 10.1. The summed E-state index contributed by atoms with van der Waals surface area (Å²) < 4.78 is 1.69. The summed E-state index contributed by atoms with van der Waals surface area (Å²) in [6.07, 6.45) is 3.98. The Labute approximate surface area is 122 Å². The lowest BCUT2D eigenvalue weighted by Gasteiger charge is -2.08. The molecule has 3 rings (SSSR count). The van der Waals surface area contributed by atoms with Crippen LogP contribution >= 0.6 is 0 Å². The number of carbonyl (C=O) groups is 1. The fourth-order valence-corrected chi connectivity index (χ4v) is 2.71. The van der Waals surface area contributed by atoms with Gasteiger partial charge >= 0.3 is 5.97 Å². The minimum Gasteiger partial charge on any atom is -0.481 e. The number of nitrogens with zero attached hydrogens (tertiary/aromatic N) is 4. The Morgan fingerprint density at radius 2 is 2.19 bits per heavy atom. The molecule has 110 valence electrons. The molecular weight excluding hydrogens is 268 g/mol. The van der Waals surface area contributed by atoms with Crippen molar-refractivity contribution in [1.29, 1.82) is 0 Å². The van der Waals surface area contributed by atoms with Crippen molar-refractivity contribution in [3.63, 3.8) is 0 Å². The first-order valence-corrected chi connectivity index (χ1v) is 7.26. The Morgan fingerprint density at radius 1 is 1.38 bits per heavy atom. The maximum absolute atomic E-state index is 10.9. The number of carboxylic acids is 1. The second-order valence-corrected chi connectivity index (χ2v) is 5.59. The van der Waals surface area contributed by atoms with Gasteiger partial charge in [0.15, 0.2) is 5.82 Å². The van der Waals surface area contributed by atoms with Gasteiger partial charge < -0.3 is 5.11 Å². The van der Waals surface area contributed by atoms with Crippen molar-refractivity contribution in [2.45, 2.75) is 39.2 Å². The van der Waals surface area contributed by atoms with Gasteiger partial charge in [0.2, 0.25) is 0 Å². The lowest BCUT2D eigenvalue weighted by molar-refractivity contribution is -0.141. The number of hydrogen-bond donors (Lipinski definition) is 1. The van der Waals surface area contributed by atoms with Gasteiger partial charge in [-0.2, -0.15) is 0 Å². The number of rotatable bonds is 5. The molecule has 1 aliphatic rings. The largest absolute Gasteiger partial charge is 0.481 e. The van der Waals surface area contributed by atoms with Gasteiger partial charge in [0.1, 0.15) is 0 Å². The van der Waals surface area contributed by atoms with Crippen molar-refractivity contribution < 1.29 is 9.90 Å². The molecule has 0 amide bonds. The molecule has 1 heterocycles. The van der Waals surface area contributed by atoms with E-state index in [2.05, 4.69) is 27.7 Å². The van der Waals surface area contributed by atoms with Crippen LogP contribution in [-0.2, 0) is 24.2 Å². The lowest BCUT2D eigenvalue weighted by Crippen LogP contribution is -2.14. The molecule has 1 aromatic heterocycles. The van der Waals surface area contributed by atoms with Crippen molar-refractivity contribution in [2.75, 3.05) is 0 Å². The third-order valence-electron chi connectivity index (χ3n) is 4.08. The summed E-state index contributed by atoms with van der Waals surface area (Å²) in [5.41, 5.74) is 3.79. The predicted octanol–water partition coefficient (Wildman–Crippen LogP) is 1.94. The van der Waals surface area contributed by atoms with E-state index in [9.17, 15) is 4.79 Å². The van der Waals surface area contributed by atoms with E-state index in [0.29, 0.717) is 18.8 Å². The number of fused-ring (bicyclic) bond motifs is 1. The second kappa shape index (κ2) is 5.63. The van der Waals surface area contributed by atoms with E-state index >= 15 is 0 Å². The smallest absolute Gasteiger partial charge is 0.306 e. The Morgan fingerprint density at radius 3 is 3.00 bits per heavy atom. The fraction of sp³-hybridized carbons (Fsp3) is 0.467. The van der Waals surface area contributed by atoms with Crippen LogP contribution in [0.25, 0.3) is 11.4 Å². The number of aliphatic carboxylic acids is 1. The van der Waals surface area contributed by atoms with Crippen LogP contribution in [0.15, 0.2) is 18.2 Å². The number of hydrogen-bond acceptors (Lipinski definition) is 4. The van der Waals surface area contributed by atoms with Crippen molar-refractivity contribution in [3.8, 4) is 11.4 Å². The summed E-state index contributed by atoms with van der Waals surface area (Å²) in [6.45, 7) is 2.20. The highest BCUT2D eigenvalue weighted by atomic mass is 16.4. The van der Waals surface area contributed by atoms with Gasteiger partial charge in [-0.25, -0.2) is 4.68 Å². The number of aromatic nitrogens is 4. The van der Waals surface area contributed by atoms with Gasteiger partial charge in [0.05, 0.1) is 5.92 Å². The van der Waals surface area contributed by atoms with E-state index in [1.807, 2.05) is 6.07 Å². The molecule has 0 fully saturated rings. The van der Waals surface area contributed by atoms with E-state index in [4.69, 9.17) is 5.11 Å². The van der Waals surface area contributed by atoms with Crippen LogP contribution in [0.2, 0.25) is 0 Å². The first-order valence-electron chi connectivity index (χ1n) is 7.26. The molecule has 0 radical (unpaired) electrons. The second-order valence-electron chi connectivity index (χ2n) is 5.59. The zero-order valence-electron chi connectivity index (χ0n) is 12.0. The summed E-state index contributed by atoms with van der Waals surface area (Å²) in [5.74, 6) is -0.480. The number of benzene rings is 1. The van der Waals surface area contributed by atoms with E-state index in [1.165, 1.54) is 17.5 Å². The summed E-state index contributed by atoms with van der Waals surface area (Å²) in [6, 6.07) is 6.36. The average molecular weight is 286 g/mol.